The van der Waals surface area contributed by atoms with Crippen LogP contribution >= 0.6 is 11.6 Å². The number of hydrogen-bond acceptors (Lipinski definition) is 2. The Morgan fingerprint density at radius 3 is 2.71 bits per heavy atom. The molecule has 21 heavy (non-hydrogen) atoms. The van der Waals surface area contributed by atoms with Crippen LogP contribution in [0, 0.1) is 0 Å². The molecule has 0 saturated carbocycles. The fourth-order valence-corrected chi connectivity index (χ4v) is 2.84. The first-order chi connectivity index (χ1) is 10.2. The smallest absolute Gasteiger partial charge is 0.238 e. The van der Waals surface area contributed by atoms with Gasteiger partial charge >= 0.3 is 0 Å². The molecule has 1 amide bonds. The van der Waals surface area contributed by atoms with Crippen LogP contribution in [0.25, 0.3) is 0 Å². The lowest BCUT2D eigenvalue weighted by atomic mass is 9.78. The first-order valence-electron chi connectivity index (χ1n) is 7.07. The Kier molecular flexibility index (Phi) is 4.23. The lowest BCUT2D eigenvalue weighted by Gasteiger charge is -2.30. The number of carbonyl (C=O) groups excluding carboxylic acids is 1. The van der Waals surface area contributed by atoms with Gasteiger partial charge in [0.2, 0.25) is 5.91 Å². The molecule has 1 aliphatic rings. The summed E-state index contributed by atoms with van der Waals surface area (Å²) in [7, 11) is 0. The molecule has 108 valence electrons. The Hall–Kier alpha value is -1.84. The Labute approximate surface area is 129 Å². The first-order valence-corrected chi connectivity index (χ1v) is 7.45. The van der Waals surface area contributed by atoms with E-state index in [4.69, 9.17) is 11.6 Å². The van der Waals surface area contributed by atoms with Crippen LogP contribution in [0.3, 0.4) is 0 Å². The van der Waals surface area contributed by atoms with E-state index in [1.807, 2.05) is 12.1 Å². The molecule has 0 fully saturated rings. The average molecular weight is 301 g/mol. The minimum atomic E-state index is -0.0734. The van der Waals surface area contributed by atoms with Crippen molar-refractivity contribution in [1.29, 1.82) is 0 Å². The van der Waals surface area contributed by atoms with Gasteiger partial charge in [0, 0.05) is 12.5 Å². The zero-order valence-electron chi connectivity index (χ0n) is 11.6. The second kappa shape index (κ2) is 6.29. The molecule has 2 aromatic rings. The van der Waals surface area contributed by atoms with Crippen molar-refractivity contribution in [3.8, 4) is 0 Å². The minimum absolute atomic E-state index is 0.0734. The Morgan fingerprint density at radius 2 is 1.90 bits per heavy atom. The van der Waals surface area contributed by atoms with Gasteiger partial charge in [0.05, 0.1) is 17.3 Å². The van der Waals surface area contributed by atoms with E-state index in [0.717, 1.165) is 13.0 Å². The second-order valence-corrected chi connectivity index (χ2v) is 5.67. The molecule has 0 spiro atoms. The van der Waals surface area contributed by atoms with E-state index in [0.29, 0.717) is 23.2 Å². The number of para-hydroxylation sites is 1. The molecule has 0 aliphatic heterocycles. The molecule has 0 bridgehead atoms. The third-order valence-corrected chi connectivity index (χ3v) is 4.12. The maximum atomic E-state index is 11.9. The lowest BCUT2D eigenvalue weighted by Crippen LogP contribution is -2.34. The maximum absolute atomic E-state index is 11.9. The molecular weight excluding hydrogens is 284 g/mol. The third-order valence-electron chi connectivity index (χ3n) is 3.79. The number of rotatable bonds is 5. The lowest BCUT2D eigenvalue weighted by molar-refractivity contribution is -0.115. The molecule has 0 heterocycles. The van der Waals surface area contributed by atoms with Crippen molar-refractivity contribution in [3.63, 3.8) is 0 Å². The van der Waals surface area contributed by atoms with Crippen LogP contribution in [0.15, 0.2) is 48.5 Å². The summed E-state index contributed by atoms with van der Waals surface area (Å²) in [5.74, 6) is 0.449. The molecule has 0 radical (unpaired) electrons. The molecule has 3 rings (SSSR count). The van der Waals surface area contributed by atoms with Gasteiger partial charge in [0.15, 0.2) is 0 Å². The first kappa shape index (κ1) is 14.1. The van der Waals surface area contributed by atoms with E-state index < -0.39 is 0 Å². The monoisotopic (exact) mass is 300 g/mol. The second-order valence-electron chi connectivity index (χ2n) is 5.26. The quantitative estimate of drug-likeness (QED) is 0.890. The molecule has 2 aromatic carbocycles. The summed E-state index contributed by atoms with van der Waals surface area (Å²) >= 11 is 6.01. The van der Waals surface area contributed by atoms with E-state index in [1.54, 1.807) is 12.1 Å². The SMILES string of the molecule is O=C(CNCC1Cc2ccccc21)Nc1ccccc1Cl. The van der Waals surface area contributed by atoms with Crippen molar-refractivity contribution < 1.29 is 4.79 Å². The van der Waals surface area contributed by atoms with Crippen molar-refractivity contribution in [2.24, 2.45) is 0 Å². The number of benzene rings is 2. The summed E-state index contributed by atoms with van der Waals surface area (Å²) in [5, 5.41) is 6.57. The topological polar surface area (TPSA) is 41.1 Å². The highest BCUT2D eigenvalue weighted by Gasteiger charge is 2.24. The van der Waals surface area contributed by atoms with Gasteiger partial charge in [-0.05, 0) is 29.7 Å². The number of halogens is 1. The summed E-state index contributed by atoms with van der Waals surface area (Å²) in [4.78, 5) is 11.9. The predicted molar refractivity (Wildman–Crippen MR) is 85.8 cm³/mol. The molecule has 1 unspecified atom stereocenters. The zero-order valence-corrected chi connectivity index (χ0v) is 12.4. The van der Waals surface area contributed by atoms with Crippen LogP contribution in [0.1, 0.15) is 17.0 Å². The van der Waals surface area contributed by atoms with Gasteiger partial charge in [-0.2, -0.15) is 0 Å². The van der Waals surface area contributed by atoms with Crippen LogP contribution < -0.4 is 10.6 Å². The number of nitrogens with one attached hydrogen (secondary N) is 2. The number of anilines is 1. The van der Waals surface area contributed by atoms with E-state index in [1.165, 1.54) is 11.1 Å². The molecule has 1 aliphatic carbocycles. The molecular formula is C17H17ClN2O. The maximum Gasteiger partial charge on any atom is 0.238 e. The van der Waals surface area contributed by atoms with Crippen LogP contribution in [0.5, 0.6) is 0 Å². The molecule has 3 nitrogen and oxygen atoms in total. The summed E-state index contributed by atoms with van der Waals surface area (Å²) < 4.78 is 0. The number of amides is 1. The highest BCUT2D eigenvalue weighted by Crippen LogP contribution is 2.33. The molecule has 0 aromatic heterocycles. The number of carbonyl (C=O) groups is 1. The van der Waals surface area contributed by atoms with Gasteiger partial charge < -0.3 is 10.6 Å². The number of fused-ring (bicyclic) bond motifs is 1. The van der Waals surface area contributed by atoms with Crippen LogP contribution in [-0.2, 0) is 11.2 Å². The van der Waals surface area contributed by atoms with E-state index >= 15 is 0 Å². The fourth-order valence-electron chi connectivity index (χ4n) is 2.66. The van der Waals surface area contributed by atoms with E-state index in [2.05, 4.69) is 34.9 Å². The molecule has 1 atom stereocenters. The van der Waals surface area contributed by atoms with E-state index in [9.17, 15) is 4.79 Å². The standard InChI is InChI=1S/C17H17ClN2O/c18-15-7-3-4-8-16(15)20-17(21)11-19-10-13-9-12-5-1-2-6-14(12)13/h1-8,13,19H,9-11H2,(H,20,21). The van der Waals surface area contributed by atoms with Crippen molar-refractivity contribution in [1.82, 2.24) is 5.32 Å². The van der Waals surface area contributed by atoms with E-state index in [-0.39, 0.29) is 5.91 Å². The Morgan fingerprint density at radius 1 is 1.14 bits per heavy atom. The fraction of sp³-hybridized carbons (Fsp3) is 0.235. The third kappa shape index (κ3) is 3.26. The van der Waals surface area contributed by atoms with Crippen molar-refractivity contribution in [2.75, 3.05) is 18.4 Å². The van der Waals surface area contributed by atoms with Crippen molar-refractivity contribution in [2.45, 2.75) is 12.3 Å². The summed E-state index contributed by atoms with van der Waals surface area (Å²) in [6, 6.07) is 15.7. The van der Waals surface area contributed by atoms with Gasteiger partial charge in [-0.1, -0.05) is 48.0 Å². The zero-order chi connectivity index (χ0) is 14.7. The molecule has 4 heteroatoms. The van der Waals surface area contributed by atoms with Crippen molar-refractivity contribution >= 4 is 23.2 Å². The van der Waals surface area contributed by atoms with Gasteiger partial charge in [-0.25, -0.2) is 0 Å². The predicted octanol–water partition coefficient (Wildman–Crippen LogP) is 3.21. The Bertz CT molecular complexity index is 657. The molecule has 2 N–H and O–H groups in total. The highest BCUT2D eigenvalue weighted by atomic mass is 35.5. The van der Waals surface area contributed by atoms with Gasteiger partial charge in [-0.3, -0.25) is 4.79 Å². The minimum Gasteiger partial charge on any atom is -0.324 e. The van der Waals surface area contributed by atoms with Crippen LogP contribution in [0.4, 0.5) is 5.69 Å². The average Bonchev–Trinajstić information content (AvgIpc) is 2.46. The highest BCUT2D eigenvalue weighted by molar-refractivity contribution is 6.33. The van der Waals surface area contributed by atoms with Crippen LogP contribution in [-0.4, -0.2) is 19.0 Å². The molecule has 0 saturated heterocycles. The largest absolute Gasteiger partial charge is 0.324 e. The van der Waals surface area contributed by atoms with Crippen molar-refractivity contribution in [3.05, 3.63) is 64.7 Å². The number of hydrogen-bond donors (Lipinski definition) is 2. The normalized spacial score (nSPS) is 16.0. The summed E-state index contributed by atoms with van der Waals surface area (Å²) in [6.45, 7) is 1.12. The van der Waals surface area contributed by atoms with Gasteiger partial charge in [0.1, 0.15) is 0 Å². The Balaban J connectivity index is 1.44. The van der Waals surface area contributed by atoms with Crippen LogP contribution in [0.2, 0.25) is 5.02 Å². The van der Waals surface area contributed by atoms with Gasteiger partial charge in [-0.15, -0.1) is 0 Å². The summed E-state index contributed by atoms with van der Waals surface area (Å²) in [6.07, 6.45) is 1.09. The summed E-state index contributed by atoms with van der Waals surface area (Å²) in [5.41, 5.74) is 3.47. The van der Waals surface area contributed by atoms with Gasteiger partial charge in [0.25, 0.3) is 0 Å².